The number of carbonyl (C=O) groups excluding carboxylic acids is 1. The fraction of sp³-hybridized carbons (Fsp3) is 0. The van der Waals surface area contributed by atoms with Crippen molar-refractivity contribution in [3.8, 4) is 17.4 Å². The molecule has 5 nitrogen and oxygen atoms in total. The number of hydrogen-bond acceptors (Lipinski definition) is 4. The van der Waals surface area contributed by atoms with Gasteiger partial charge in [0.05, 0.1) is 16.2 Å². The van der Waals surface area contributed by atoms with E-state index < -0.39 is 5.91 Å². The predicted octanol–water partition coefficient (Wildman–Crippen LogP) is 6.35. The van der Waals surface area contributed by atoms with Crippen molar-refractivity contribution < 1.29 is 9.21 Å². The second-order valence-corrected chi connectivity index (χ2v) is 7.17. The molecule has 2 aromatic carbocycles. The fourth-order valence-corrected chi connectivity index (χ4v) is 3.46. The van der Waals surface area contributed by atoms with E-state index in [1.165, 1.54) is 6.08 Å². The van der Waals surface area contributed by atoms with Gasteiger partial charge in [0.15, 0.2) is 0 Å². The van der Waals surface area contributed by atoms with Gasteiger partial charge in [0, 0.05) is 28.2 Å². The quantitative estimate of drug-likeness (QED) is 0.300. The highest BCUT2D eigenvalue weighted by molar-refractivity contribution is 6.36. The smallest absolute Gasteiger partial charge is 0.266 e. The molecule has 0 fully saturated rings. The van der Waals surface area contributed by atoms with Crippen LogP contribution in [0.15, 0.2) is 76.9 Å². The van der Waals surface area contributed by atoms with Gasteiger partial charge in [0.25, 0.3) is 5.91 Å². The van der Waals surface area contributed by atoms with Crippen molar-refractivity contribution >= 4 is 51.8 Å². The Morgan fingerprint density at radius 3 is 2.77 bits per heavy atom. The van der Waals surface area contributed by atoms with Crippen molar-refractivity contribution in [1.82, 2.24) is 4.98 Å². The van der Waals surface area contributed by atoms with Gasteiger partial charge in [-0.2, -0.15) is 5.26 Å². The molecule has 0 aliphatic heterocycles. The molecule has 2 heterocycles. The monoisotopic (exact) mass is 433 g/mol. The summed E-state index contributed by atoms with van der Waals surface area (Å²) < 4.78 is 5.75. The minimum Gasteiger partial charge on any atom is -0.457 e. The molecule has 0 spiro atoms. The molecule has 0 saturated carbocycles. The van der Waals surface area contributed by atoms with Crippen molar-refractivity contribution in [2.75, 3.05) is 5.32 Å². The SMILES string of the molecule is N#CC(=Cc1ccc(-c2ccc(Cl)cc2Cl)o1)C(=O)Nc1cccc2ncccc12. The number of benzene rings is 2. The third-order valence-electron chi connectivity index (χ3n) is 4.37. The third-order valence-corrected chi connectivity index (χ3v) is 4.92. The van der Waals surface area contributed by atoms with Crippen LogP contribution >= 0.6 is 23.2 Å². The van der Waals surface area contributed by atoms with E-state index in [2.05, 4.69) is 10.3 Å². The highest BCUT2D eigenvalue weighted by Crippen LogP contribution is 2.32. The largest absolute Gasteiger partial charge is 0.457 e. The summed E-state index contributed by atoms with van der Waals surface area (Å²) in [6.45, 7) is 0. The number of nitriles is 1. The summed E-state index contributed by atoms with van der Waals surface area (Å²) in [7, 11) is 0. The van der Waals surface area contributed by atoms with Crippen LogP contribution in [0.3, 0.4) is 0 Å². The number of halogens is 2. The lowest BCUT2D eigenvalue weighted by Gasteiger charge is -2.07. The Bertz CT molecular complexity index is 1330. The van der Waals surface area contributed by atoms with Crippen LogP contribution in [0.4, 0.5) is 5.69 Å². The normalized spacial score (nSPS) is 11.3. The molecule has 7 heteroatoms. The summed E-state index contributed by atoms with van der Waals surface area (Å²) in [5.74, 6) is 0.305. The predicted molar refractivity (Wildman–Crippen MR) is 118 cm³/mol. The molecular formula is C23H13Cl2N3O2. The molecule has 0 saturated heterocycles. The van der Waals surface area contributed by atoms with Gasteiger partial charge in [-0.1, -0.05) is 29.3 Å². The number of hydrogen-bond donors (Lipinski definition) is 1. The molecular weight excluding hydrogens is 421 g/mol. The van der Waals surface area contributed by atoms with Gasteiger partial charge in [-0.25, -0.2) is 0 Å². The first-order chi connectivity index (χ1) is 14.5. The van der Waals surface area contributed by atoms with Gasteiger partial charge >= 0.3 is 0 Å². The van der Waals surface area contributed by atoms with Crippen molar-refractivity contribution in [2.45, 2.75) is 0 Å². The number of amides is 1. The van der Waals surface area contributed by atoms with Crippen LogP contribution < -0.4 is 5.32 Å². The van der Waals surface area contributed by atoms with Crippen molar-refractivity contribution in [1.29, 1.82) is 5.26 Å². The second kappa shape index (κ2) is 8.42. The number of nitrogens with zero attached hydrogens (tertiary/aromatic N) is 2. The Morgan fingerprint density at radius 2 is 1.97 bits per heavy atom. The van der Waals surface area contributed by atoms with Crippen molar-refractivity contribution in [3.05, 3.63) is 88.2 Å². The van der Waals surface area contributed by atoms with Gasteiger partial charge in [-0.05, 0) is 54.6 Å². The molecule has 4 rings (SSSR count). The highest BCUT2D eigenvalue weighted by Gasteiger charge is 2.14. The van der Waals surface area contributed by atoms with E-state index in [4.69, 9.17) is 27.6 Å². The first kappa shape index (κ1) is 19.7. The van der Waals surface area contributed by atoms with Gasteiger partial charge in [-0.3, -0.25) is 9.78 Å². The van der Waals surface area contributed by atoms with E-state index in [1.54, 1.807) is 54.7 Å². The van der Waals surface area contributed by atoms with E-state index in [0.717, 1.165) is 10.9 Å². The highest BCUT2D eigenvalue weighted by atomic mass is 35.5. The standard InChI is InChI=1S/C23H13Cl2N3O2/c24-15-6-8-17(19(25)12-15)22-9-7-16(30-22)11-14(13-26)23(29)28-21-5-1-4-20-18(21)3-2-10-27-20/h1-12H,(H,28,29). The van der Waals surface area contributed by atoms with Gasteiger partial charge in [0.2, 0.25) is 0 Å². The van der Waals surface area contributed by atoms with Crippen LogP contribution in [0.2, 0.25) is 10.0 Å². The Hall–Kier alpha value is -3.59. The molecule has 0 unspecified atom stereocenters. The van der Waals surface area contributed by atoms with E-state index >= 15 is 0 Å². The lowest BCUT2D eigenvalue weighted by molar-refractivity contribution is -0.112. The zero-order chi connectivity index (χ0) is 21.1. The zero-order valence-corrected chi connectivity index (χ0v) is 16.9. The van der Waals surface area contributed by atoms with Gasteiger partial charge in [0.1, 0.15) is 23.2 Å². The molecule has 4 aromatic rings. The Kier molecular flexibility index (Phi) is 5.53. The second-order valence-electron chi connectivity index (χ2n) is 6.33. The Labute approximate surface area is 182 Å². The maximum Gasteiger partial charge on any atom is 0.266 e. The van der Waals surface area contributed by atoms with Gasteiger partial charge in [-0.15, -0.1) is 0 Å². The Morgan fingerprint density at radius 1 is 1.10 bits per heavy atom. The minimum absolute atomic E-state index is 0.0982. The van der Waals surface area contributed by atoms with Gasteiger partial charge < -0.3 is 9.73 Å². The molecule has 1 N–H and O–H groups in total. The van der Waals surface area contributed by atoms with Crippen LogP contribution in [-0.4, -0.2) is 10.9 Å². The maximum absolute atomic E-state index is 12.7. The molecule has 2 aromatic heterocycles. The fourth-order valence-electron chi connectivity index (χ4n) is 2.96. The summed E-state index contributed by atoms with van der Waals surface area (Å²) >= 11 is 12.1. The summed E-state index contributed by atoms with van der Waals surface area (Å²) in [6, 6.07) is 19.4. The number of pyridine rings is 1. The van der Waals surface area contributed by atoms with E-state index in [1.807, 2.05) is 18.2 Å². The molecule has 0 aliphatic rings. The number of nitrogens with one attached hydrogen (secondary N) is 1. The number of carbonyl (C=O) groups is 1. The molecule has 0 atom stereocenters. The van der Waals surface area contributed by atoms with Crippen LogP contribution in [0.1, 0.15) is 5.76 Å². The van der Waals surface area contributed by atoms with Crippen LogP contribution in [0.25, 0.3) is 28.3 Å². The topological polar surface area (TPSA) is 78.9 Å². The number of aromatic nitrogens is 1. The van der Waals surface area contributed by atoms with Crippen molar-refractivity contribution in [2.24, 2.45) is 0 Å². The number of anilines is 1. The van der Waals surface area contributed by atoms with E-state index in [-0.39, 0.29) is 5.57 Å². The van der Waals surface area contributed by atoms with Crippen LogP contribution in [0, 0.1) is 11.3 Å². The summed E-state index contributed by atoms with van der Waals surface area (Å²) in [6.07, 6.45) is 3.06. The summed E-state index contributed by atoms with van der Waals surface area (Å²) in [4.78, 5) is 16.9. The average Bonchev–Trinajstić information content (AvgIpc) is 3.20. The van der Waals surface area contributed by atoms with Crippen molar-refractivity contribution in [3.63, 3.8) is 0 Å². The molecule has 30 heavy (non-hydrogen) atoms. The zero-order valence-electron chi connectivity index (χ0n) is 15.4. The molecule has 0 radical (unpaired) electrons. The lowest BCUT2D eigenvalue weighted by Crippen LogP contribution is -2.13. The van der Waals surface area contributed by atoms with E-state index in [0.29, 0.717) is 32.8 Å². The summed E-state index contributed by atoms with van der Waals surface area (Å²) in [5, 5.41) is 14.0. The average molecular weight is 434 g/mol. The number of fused-ring (bicyclic) bond motifs is 1. The third kappa shape index (κ3) is 4.06. The molecule has 0 bridgehead atoms. The number of furan rings is 1. The number of rotatable bonds is 4. The summed E-state index contributed by atoms with van der Waals surface area (Å²) in [5.41, 5.74) is 1.87. The lowest BCUT2D eigenvalue weighted by atomic mass is 10.1. The molecule has 146 valence electrons. The first-order valence-corrected chi connectivity index (χ1v) is 9.63. The molecule has 1 amide bonds. The molecule has 0 aliphatic carbocycles. The first-order valence-electron chi connectivity index (χ1n) is 8.87. The van der Waals surface area contributed by atoms with Crippen LogP contribution in [0.5, 0.6) is 0 Å². The van der Waals surface area contributed by atoms with E-state index in [9.17, 15) is 10.1 Å². The van der Waals surface area contributed by atoms with Crippen LogP contribution in [-0.2, 0) is 4.79 Å². The minimum atomic E-state index is -0.545. The maximum atomic E-state index is 12.7. The Balaban J connectivity index is 1.60.